The molecule has 0 bridgehead atoms. The van der Waals surface area contributed by atoms with Gasteiger partial charge in [-0.2, -0.15) is 10.5 Å². The fraction of sp³-hybridized carbons (Fsp3) is 0.0172. The second-order valence-electron chi connectivity index (χ2n) is 15.4. The fourth-order valence-electron chi connectivity index (χ4n) is 8.63. The topological polar surface area (TPSA) is 65.4 Å². The van der Waals surface area contributed by atoms with E-state index in [1.165, 1.54) is 16.7 Å². The lowest BCUT2D eigenvalue weighted by molar-refractivity contribution is 0.977. The van der Waals surface area contributed by atoms with Crippen LogP contribution in [0.2, 0.25) is 0 Å². The molecule has 62 heavy (non-hydrogen) atoms. The summed E-state index contributed by atoms with van der Waals surface area (Å²) in [5.41, 5.74) is 15.0. The van der Waals surface area contributed by atoms with E-state index in [0.717, 1.165) is 72.3 Å². The Hall–Kier alpha value is -8.57. The van der Waals surface area contributed by atoms with Crippen molar-refractivity contribution in [1.82, 2.24) is 9.55 Å². The summed E-state index contributed by atoms with van der Waals surface area (Å²) in [6, 6.07) is 77.8. The standard InChI is InChI=1S/C58H38N4/c59-38-42-26-32-47(33-27-42)54-51-18-10-11-19-52(51)55(48-34-28-43(39-60)29-35-48)57-56(54)61-58(62(57)50-16-8-3-9-17-50)49-36-24-41(25-37-49)21-20-40-22-30-46(31-23-40)53(44-12-4-1-5-13-44)45-14-6-2-7-15-45/h1-37,53H/b21-20+. The Bertz CT molecular complexity index is 3260. The first kappa shape index (κ1) is 37.7. The van der Waals surface area contributed by atoms with E-state index in [4.69, 9.17) is 4.98 Å². The molecule has 1 heterocycles. The minimum atomic E-state index is 0.154. The number of nitriles is 2. The third-order valence-corrected chi connectivity index (χ3v) is 11.6. The molecule has 0 amide bonds. The van der Waals surface area contributed by atoms with Crippen molar-refractivity contribution < 1.29 is 0 Å². The maximum absolute atomic E-state index is 9.69. The zero-order valence-corrected chi connectivity index (χ0v) is 33.7. The number of imidazole rings is 1. The second kappa shape index (κ2) is 16.6. The number of benzene rings is 9. The van der Waals surface area contributed by atoms with Crippen molar-refractivity contribution >= 4 is 34.0 Å². The zero-order chi connectivity index (χ0) is 41.8. The number of aromatic nitrogens is 2. The Morgan fingerprint density at radius 1 is 0.419 bits per heavy atom. The molecule has 0 aliphatic heterocycles. The van der Waals surface area contributed by atoms with Crippen LogP contribution in [0.3, 0.4) is 0 Å². The summed E-state index contributed by atoms with van der Waals surface area (Å²) >= 11 is 0. The lowest BCUT2D eigenvalue weighted by Crippen LogP contribution is -2.03. The molecule has 0 fully saturated rings. The highest BCUT2D eigenvalue weighted by molar-refractivity contribution is 6.20. The molecule has 0 atom stereocenters. The number of hydrogen-bond acceptors (Lipinski definition) is 3. The number of rotatable bonds is 9. The van der Waals surface area contributed by atoms with Gasteiger partial charge >= 0.3 is 0 Å². The van der Waals surface area contributed by atoms with Gasteiger partial charge in [0, 0.05) is 28.3 Å². The van der Waals surface area contributed by atoms with Crippen molar-refractivity contribution in [2.24, 2.45) is 0 Å². The van der Waals surface area contributed by atoms with Crippen LogP contribution in [0.1, 0.15) is 44.9 Å². The van der Waals surface area contributed by atoms with Crippen molar-refractivity contribution in [2.45, 2.75) is 5.92 Å². The van der Waals surface area contributed by atoms with Crippen molar-refractivity contribution in [3.05, 3.63) is 251 Å². The highest BCUT2D eigenvalue weighted by Crippen LogP contribution is 2.46. The van der Waals surface area contributed by atoms with Gasteiger partial charge in [-0.3, -0.25) is 4.57 Å². The summed E-state index contributed by atoms with van der Waals surface area (Å²) in [6.45, 7) is 0. The van der Waals surface area contributed by atoms with E-state index in [-0.39, 0.29) is 5.92 Å². The van der Waals surface area contributed by atoms with Gasteiger partial charge in [-0.15, -0.1) is 0 Å². The molecule has 0 aliphatic carbocycles. The van der Waals surface area contributed by atoms with E-state index >= 15 is 0 Å². The maximum Gasteiger partial charge on any atom is 0.145 e. The summed E-state index contributed by atoms with van der Waals surface area (Å²) in [5.74, 6) is 0.964. The van der Waals surface area contributed by atoms with Crippen LogP contribution in [0.4, 0.5) is 0 Å². The van der Waals surface area contributed by atoms with E-state index in [9.17, 15) is 10.5 Å². The van der Waals surface area contributed by atoms with E-state index in [2.05, 4.69) is 187 Å². The van der Waals surface area contributed by atoms with Gasteiger partial charge in [0.2, 0.25) is 0 Å². The predicted octanol–water partition coefficient (Wildman–Crippen LogP) is 14.3. The summed E-state index contributed by atoms with van der Waals surface area (Å²) in [6.07, 6.45) is 4.32. The molecule has 0 N–H and O–H groups in total. The van der Waals surface area contributed by atoms with Crippen LogP contribution in [-0.2, 0) is 0 Å². The number of nitrogens with zero attached hydrogens (tertiary/aromatic N) is 4. The second-order valence-corrected chi connectivity index (χ2v) is 15.4. The first-order valence-electron chi connectivity index (χ1n) is 20.7. The molecule has 0 aliphatic rings. The van der Waals surface area contributed by atoms with E-state index in [1.807, 2.05) is 54.6 Å². The summed E-state index contributed by atoms with van der Waals surface area (Å²) in [4.78, 5) is 5.57. The first-order valence-corrected chi connectivity index (χ1v) is 20.7. The van der Waals surface area contributed by atoms with Crippen LogP contribution < -0.4 is 0 Å². The SMILES string of the molecule is N#Cc1ccc(-c2c3ccccc3c(-c3ccc(C#N)cc3)c3c2nc(-c2ccc(/C=C/c4ccc(C(c5ccccc5)c5ccccc5)cc4)cc2)n3-c2ccccc2)cc1. The highest BCUT2D eigenvalue weighted by Gasteiger charge is 2.25. The lowest BCUT2D eigenvalue weighted by Gasteiger charge is -2.19. The van der Waals surface area contributed by atoms with E-state index < -0.39 is 0 Å². The Kier molecular flexibility index (Phi) is 10.1. The third kappa shape index (κ3) is 7.13. The molecule has 0 spiro atoms. The zero-order valence-electron chi connectivity index (χ0n) is 33.7. The van der Waals surface area contributed by atoms with Crippen molar-refractivity contribution in [2.75, 3.05) is 0 Å². The molecule has 4 heteroatoms. The molecule has 9 aromatic carbocycles. The van der Waals surface area contributed by atoms with Gasteiger partial charge in [0.25, 0.3) is 0 Å². The number of fused-ring (bicyclic) bond motifs is 2. The van der Waals surface area contributed by atoms with Crippen LogP contribution in [0.25, 0.3) is 73.3 Å². The van der Waals surface area contributed by atoms with Gasteiger partial charge in [0.05, 0.1) is 34.3 Å². The Balaban J connectivity index is 1.09. The maximum atomic E-state index is 9.69. The number of hydrogen-bond donors (Lipinski definition) is 0. The van der Waals surface area contributed by atoms with Gasteiger partial charge < -0.3 is 0 Å². The van der Waals surface area contributed by atoms with Crippen molar-refractivity contribution in [3.8, 4) is 51.5 Å². The molecule has 4 nitrogen and oxygen atoms in total. The average molecular weight is 791 g/mol. The van der Waals surface area contributed by atoms with Crippen LogP contribution in [0.15, 0.2) is 212 Å². The first-order chi connectivity index (χ1) is 30.7. The molecule has 0 saturated carbocycles. The van der Waals surface area contributed by atoms with Crippen molar-refractivity contribution in [3.63, 3.8) is 0 Å². The quantitative estimate of drug-likeness (QED) is 0.108. The molecule has 10 rings (SSSR count). The Labute approximate surface area is 361 Å². The smallest absolute Gasteiger partial charge is 0.145 e. The fourth-order valence-corrected chi connectivity index (χ4v) is 8.63. The van der Waals surface area contributed by atoms with Gasteiger partial charge in [-0.05, 0) is 86.1 Å². The molecule has 1 aromatic heterocycles. The summed E-state index contributed by atoms with van der Waals surface area (Å²) in [7, 11) is 0. The summed E-state index contributed by atoms with van der Waals surface area (Å²) < 4.78 is 2.27. The molecular formula is C58H38N4. The van der Waals surface area contributed by atoms with Gasteiger partial charge in [0.15, 0.2) is 0 Å². The highest BCUT2D eigenvalue weighted by atomic mass is 15.1. The van der Waals surface area contributed by atoms with Crippen LogP contribution in [-0.4, -0.2) is 9.55 Å². The molecule has 0 unspecified atom stereocenters. The van der Waals surface area contributed by atoms with E-state index in [1.54, 1.807) is 0 Å². The molecule has 10 aromatic rings. The van der Waals surface area contributed by atoms with Gasteiger partial charge in [-0.1, -0.05) is 188 Å². The Morgan fingerprint density at radius 2 is 0.839 bits per heavy atom. The normalized spacial score (nSPS) is 11.3. The van der Waals surface area contributed by atoms with E-state index in [0.29, 0.717) is 11.1 Å². The monoisotopic (exact) mass is 790 g/mol. The van der Waals surface area contributed by atoms with Crippen molar-refractivity contribution in [1.29, 1.82) is 10.5 Å². The molecule has 0 radical (unpaired) electrons. The van der Waals surface area contributed by atoms with Crippen LogP contribution >= 0.6 is 0 Å². The summed E-state index contributed by atoms with van der Waals surface area (Å²) in [5, 5.41) is 21.5. The minimum Gasteiger partial charge on any atom is -0.292 e. The number of para-hydroxylation sites is 1. The van der Waals surface area contributed by atoms with Crippen LogP contribution in [0, 0.1) is 22.7 Å². The molecule has 0 saturated heterocycles. The predicted molar refractivity (Wildman–Crippen MR) is 254 cm³/mol. The molecule has 290 valence electrons. The Morgan fingerprint density at radius 3 is 1.35 bits per heavy atom. The largest absolute Gasteiger partial charge is 0.292 e. The van der Waals surface area contributed by atoms with Crippen LogP contribution in [0.5, 0.6) is 0 Å². The third-order valence-electron chi connectivity index (χ3n) is 11.6. The molecular weight excluding hydrogens is 753 g/mol. The lowest BCUT2D eigenvalue weighted by atomic mass is 9.85. The minimum absolute atomic E-state index is 0.154. The average Bonchev–Trinajstić information content (AvgIpc) is 3.74. The van der Waals surface area contributed by atoms with Gasteiger partial charge in [0.1, 0.15) is 5.82 Å². The van der Waals surface area contributed by atoms with Gasteiger partial charge in [-0.25, -0.2) is 4.98 Å².